The van der Waals surface area contributed by atoms with Crippen LogP contribution in [0.5, 0.6) is 0 Å². The molecule has 2 aliphatic rings. The molecule has 1 aliphatic heterocycles. The van der Waals surface area contributed by atoms with Gasteiger partial charge in [0.1, 0.15) is 5.82 Å². The lowest BCUT2D eigenvalue weighted by Crippen LogP contribution is -2.49. The molecule has 1 saturated heterocycles. The SMILES string of the molecule is c1ccc(-c2nccc(N3CCS[C@H]4CCCC[C@H]43)n2)cc1. The molecule has 2 aromatic rings. The molecular weight excluding hydrogens is 290 g/mol. The zero-order chi connectivity index (χ0) is 14.8. The van der Waals surface area contributed by atoms with Crippen LogP contribution in [-0.2, 0) is 0 Å². The monoisotopic (exact) mass is 311 g/mol. The fourth-order valence-corrected chi connectivity index (χ4v) is 5.06. The molecule has 22 heavy (non-hydrogen) atoms. The van der Waals surface area contributed by atoms with Crippen molar-refractivity contribution in [1.29, 1.82) is 0 Å². The molecule has 0 unspecified atom stereocenters. The molecule has 0 N–H and O–H groups in total. The number of nitrogens with zero attached hydrogens (tertiary/aromatic N) is 3. The predicted molar refractivity (Wildman–Crippen MR) is 93.3 cm³/mol. The number of thioether (sulfide) groups is 1. The van der Waals surface area contributed by atoms with Crippen LogP contribution in [0.1, 0.15) is 25.7 Å². The first kappa shape index (κ1) is 14.1. The van der Waals surface area contributed by atoms with Crippen LogP contribution in [0, 0.1) is 0 Å². The molecule has 114 valence electrons. The van der Waals surface area contributed by atoms with E-state index in [1.165, 1.54) is 31.4 Å². The van der Waals surface area contributed by atoms with Gasteiger partial charge in [0, 0.05) is 35.3 Å². The molecule has 2 fully saturated rings. The third-order valence-corrected chi connectivity index (χ3v) is 6.10. The first-order chi connectivity index (χ1) is 10.9. The number of anilines is 1. The highest BCUT2D eigenvalue weighted by Gasteiger charge is 2.34. The molecule has 3 nitrogen and oxygen atoms in total. The highest BCUT2D eigenvalue weighted by Crippen LogP contribution is 2.37. The van der Waals surface area contributed by atoms with E-state index in [0.29, 0.717) is 6.04 Å². The largest absolute Gasteiger partial charge is 0.352 e. The van der Waals surface area contributed by atoms with E-state index >= 15 is 0 Å². The van der Waals surface area contributed by atoms with Gasteiger partial charge in [-0.25, -0.2) is 9.97 Å². The van der Waals surface area contributed by atoms with Crippen molar-refractivity contribution in [1.82, 2.24) is 9.97 Å². The molecule has 4 rings (SSSR count). The molecule has 0 radical (unpaired) electrons. The summed E-state index contributed by atoms with van der Waals surface area (Å²) in [6.45, 7) is 1.11. The Kier molecular flexibility index (Phi) is 4.02. The number of fused-ring (bicyclic) bond motifs is 1. The minimum Gasteiger partial charge on any atom is -0.352 e. The predicted octanol–water partition coefficient (Wildman–Crippen LogP) is 4.01. The summed E-state index contributed by atoms with van der Waals surface area (Å²) in [5, 5.41) is 0.789. The van der Waals surface area contributed by atoms with Gasteiger partial charge in [0.05, 0.1) is 0 Å². The second kappa shape index (κ2) is 6.29. The summed E-state index contributed by atoms with van der Waals surface area (Å²) in [6.07, 6.45) is 7.32. The number of aromatic nitrogens is 2. The third kappa shape index (κ3) is 2.72. The van der Waals surface area contributed by atoms with Gasteiger partial charge in [-0.3, -0.25) is 0 Å². The Morgan fingerprint density at radius 1 is 1.05 bits per heavy atom. The highest BCUT2D eigenvalue weighted by molar-refractivity contribution is 8.00. The van der Waals surface area contributed by atoms with E-state index in [4.69, 9.17) is 4.98 Å². The Morgan fingerprint density at radius 2 is 1.91 bits per heavy atom. The number of hydrogen-bond acceptors (Lipinski definition) is 4. The maximum absolute atomic E-state index is 4.86. The topological polar surface area (TPSA) is 29.0 Å². The van der Waals surface area contributed by atoms with Crippen molar-refractivity contribution in [2.24, 2.45) is 0 Å². The van der Waals surface area contributed by atoms with Crippen LogP contribution in [-0.4, -0.2) is 33.6 Å². The van der Waals surface area contributed by atoms with E-state index in [1.54, 1.807) is 0 Å². The van der Waals surface area contributed by atoms with E-state index in [0.717, 1.165) is 29.0 Å². The van der Waals surface area contributed by atoms with Crippen molar-refractivity contribution >= 4 is 17.6 Å². The van der Waals surface area contributed by atoms with Gasteiger partial charge in [0.25, 0.3) is 0 Å². The second-order valence-electron chi connectivity index (χ2n) is 6.06. The van der Waals surface area contributed by atoms with Crippen molar-refractivity contribution in [3.63, 3.8) is 0 Å². The maximum Gasteiger partial charge on any atom is 0.161 e. The van der Waals surface area contributed by atoms with Gasteiger partial charge < -0.3 is 4.90 Å². The van der Waals surface area contributed by atoms with E-state index in [1.807, 2.05) is 24.4 Å². The van der Waals surface area contributed by atoms with Crippen molar-refractivity contribution in [2.45, 2.75) is 37.0 Å². The van der Waals surface area contributed by atoms with Crippen LogP contribution < -0.4 is 4.90 Å². The van der Waals surface area contributed by atoms with E-state index in [-0.39, 0.29) is 0 Å². The standard InChI is InChI=1S/C18H21N3S/c1-2-6-14(7-3-1)18-19-11-10-17(20-18)21-12-13-22-16-9-5-4-8-15(16)21/h1-3,6-7,10-11,15-16H,4-5,8-9,12-13H2/t15-,16+/m1/s1. The highest BCUT2D eigenvalue weighted by atomic mass is 32.2. The third-order valence-electron chi connectivity index (χ3n) is 4.70. The summed E-state index contributed by atoms with van der Waals surface area (Å²) < 4.78 is 0. The molecule has 0 bridgehead atoms. The fraction of sp³-hybridized carbons (Fsp3) is 0.444. The Hall–Kier alpha value is -1.55. The molecule has 4 heteroatoms. The van der Waals surface area contributed by atoms with Crippen molar-refractivity contribution in [3.05, 3.63) is 42.6 Å². The van der Waals surface area contributed by atoms with Crippen LogP contribution >= 0.6 is 11.8 Å². The fourth-order valence-electron chi connectivity index (χ4n) is 3.62. The van der Waals surface area contributed by atoms with Crippen LogP contribution in [0.25, 0.3) is 11.4 Å². The van der Waals surface area contributed by atoms with Crippen molar-refractivity contribution in [3.8, 4) is 11.4 Å². The summed E-state index contributed by atoms with van der Waals surface area (Å²) >= 11 is 2.16. The van der Waals surface area contributed by atoms with Gasteiger partial charge in [-0.1, -0.05) is 43.2 Å². The van der Waals surface area contributed by atoms with Crippen LogP contribution in [0.4, 0.5) is 5.82 Å². The molecule has 1 aromatic carbocycles. The molecule has 1 aromatic heterocycles. The number of benzene rings is 1. The van der Waals surface area contributed by atoms with Gasteiger partial charge in [-0.05, 0) is 18.9 Å². The van der Waals surface area contributed by atoms with Crippen LogP contribution in [0.2, 0.25) is 0 Å². The Morgan fingerprint density at radius 3 is 2.82 bits per heavy atom. The first-order valence-electron chi connectivity index (χ1n) is 8.18. The minimum absolute atomic E-state index is 0.658. The zero-order valence-electron chi connectivity index (χ0n) is 12.7. The summed E-state index contributed by atoms with van der Waals surface area (Å²) in [4.78, 5) is 11.9. The molecule has 2 atom stereocenters. The molecule has 1 aliphatic carbocycles. The van der Waals surface area contributed by atoms with Crippen LogP contribution in [0.15, 0.2) is 42.6 Å². The van der Waals surface area contributed by atoms with E-state index < -0.39 is 0 Å². The smallest absolute Gasteiger partial charge is 0.161 e. The van der Waals surface area contributed by atoms with Crippen molar-refractivity contribution < 1.29 is 0 Å². The van der Waals surface area contributed by atoms with Gasteiger partial charge in [-0.2, -0.15) is 11.8 Å². The molecule has 2 heterocycles. The Labute approximate surface area is 136 Å². The van der Waals surface area contributed by atoms with Crippen LogP contribution in [0.3, 0.4) is 0 Å². The Bertz CT molecular complexity index is 629. The number of hydrogen-bond donors (Lipinski definition) is 0. The Balaban J connectivity index is 1.64. The molecule has 0 amide bonds. The number of rotatable bonds is 2. The van der Waals surface area contributed by atoms with Crippen molar-refractivity contribution in [2.75, 3.05) is 17.2 Å². The average molecular weight is 311 g/mol. The van der Waals surface area contributed by atoms with Gasteiger partial charge in [0.15, 0.2) is 5.82 Å². The lowest BCUT2D eigenvalue weighted by atomic mass is 9.93. The average Bonchev–Trinajstić information content (AvgIpc) is 2.62. The maximum atomic E-state index is 4.86. The quantitative estimate of drug-likeness (QED) is 0.838. The molecule has 1 saturated carbocycles. The summed E-state index contributed by atoms with van der Waals surface area (Å²) in [7, 11) is 0. The summed E-state index contributed by atoms with van der Waals surface area (Å²) in [5.74, 6) is 3.15. The lowest BCUT2D eigenvalue weighted by Gasteiger charge is -2.44. The first-order valence-corrected chi connectivity index (χ1v) is 9.23. The zero-order valence-corrected chi connectivity index (χ0v) is 13.5. The van der Waals surface area contributed by atoms with E-state index in [9.17, 15) is 0 Å². The van der Waals surface area contributed by atoms with Gasteiger partial charge in [0.2, 0.25) is 0 Å². The minimum atomic E-state index is 0.658. The van der Waals surface area contributed by atoms with E-state index in [2.05, 4.69) is 39.8 Å². The summed E-state index contributed by atoms with van der Waals surface area (Å²) in [6, 6.07) is 13.0. The molecular formula is C18H21N3S. The normalized spacial score (nSPS) is 24.8. The van der Waals surface area contributed by atoms with Gasteiger partial charge >= 0.3 is 0 Å². The summed E-state index contributed by atoms with van der Waals surface area (Å²) in [5.41, 5.74) is 1.09. The second-order valence-corrected chi connectivity index (χ2v) is 7.41. The lowest BCUT2D eigenvalue weighted by molar-refractivity contribution is 0.420. The molecule has 0 spiro atoms. The van der Waals surface area contributed by atoms with Gasteiger partial charge in [-0.15, -0.1) is 0 Å².